The van der Waals surface area contributed by atoms with Crippen molar-refractivity contribution in [2.24, 2.45) is 0 Å². The number of nitrogens with two attached hydrogens (primary N) is 1. The van der Waals surface area contributed by atoms with E-state index in [2.05, 4.69) is 15.3 Å². The van der Waals surface area contributed by atoms with Crippen molar-refractivity contribution in [1.29, 1.82) is 0 Å². The second-order valence-corrected chi connectivity index (χ2v) is 4.82. The van der Waals surface area contributed by atoms with Crippen LogP contribution < -0.4 is 11.1 Å². The predicted octanol–water partition coefficient (Wildman–Crippen LogP) is 3.12. The number of carbonyl (C=O) groups is 1. The summed E-state index contributed by atoms with van der Waals surface area (Å²) in [5, 5.41) is 2.56. The van der Waals surface area contributed by atoms with Crippen LogP contribution >= 0.6 is 0 Å². The maximum absolute atomic E-state index is 13.2. The van der Waals surface area contributed by atoms with Crippen LogP contribution in [0.2, 0.25) is 0 Å². The summed E-state index contributed by atoms with van der Waals surface area (Å²) in [5.41, 5.74) is 7.41. The number of rotatable bonds is 3. The fourth-order valence-electron chi connectivity index (χ4n) is 2.07. The third kappa shape index (κ3) is 3.32. The predicted molar refractivity (Wildman–Crippen MR) is 86.2 cm³/mol. The van der Waals surface area contributed by atoms with Gasteiger partial charge in [-0.2, -0.15) is 0 Å². The summed E-state index contributed by atoms with van der Waals surface area (Å²) in [4.78, 5) is 20.6. The zero-order valence-electron chi connectivity index (χ0n) is 12.0. The van der Waals surface area contributed by atoms with E-state index >= 15 is 0 Å². The first-order chi connectivity index (χ1) is 11.1. The third-order valence-corrected chi connectivity index (χ3v) is 3.17. The second-order valence-electron chi connectivity index (χ2n) is 4.82. The van der Waals surface area contributed by atoms with Crippen molar-refractivity contribution < 1.29 is 9.18 Å². The Labute approximate surface area is 132 Å². The summed E-state index contributed by atoms with van der Waals surface area (Å²) in [6.45, 7) is 0. The van der Waals surface area contributed by atoms with Gasteiger partial charge in [-0.05, 0) is 18.2 Å². The van der Waals surface area contributed by atoms with Gasteiger partial charge in [0.2, 0.25) is 0 Å². The van der Waals surface area contributed by atoms with Crippen LogP contribution in [0.15, 0.2) is 60.8 Å². The average Bonchev–Trinajstić information content (AvgIpc) is 2.56. The molecule has 5 nitrogen and oxygen atoms in total. The summed E-state index contributed by atoms with van der Waals surface area (Å²) < 4.78 is 13.2. The molecule has 0 spiro atoms. The molecule has 2 aromatic carbocycles. The molecule has 1 aromatic heterocycles. The highest BCUT2D eigenvalue weighted by Gasteiger charge is 2.15. The largest absolute Gasteiger partial charge is 0.382 e. The van der Waals surface area contributed by atoms with Crippen molar-refractivity contribution in [3.63, 3.8) is 0 Å². The van der Waals surface area contributed by atoms with Crippen molar-refractivity contribution in [2.75, 3.05) is 11.1 Å². The zero-order chi connectivity index (χ0) is 16.2. The number of carbonyl (C=O) groups excluding carboxylic acids is 1. The van der Waals surface area contributed by atoms with E-state index in [0.717, 1.165) is 5.56 Å². The Bertz CT molecular complexity index is 852. The van der Waals surface area contributed by atoms with Crippen molar-refractivity contribution in [1.82, 2.24) is 9.97 Å². The van der Waals surface area contributed by atoms with Gasteiger partial charge >= 0.3 is 0 Å². The van der Waals surface area contributed by atoms with E-state index in [1.807, 2.05) is 30.3 Å². The van der Waals surface area contributed by atoms with E-state index in [9.17, 15) is 9.18 Å². The first-order valence-electron chi connectivity index (χ1n) is 6.88. The molecule has 0 saturated carbocycles. The van der Waals surface area contributed by atoms with Gasteiger partial charge in [0.1, 0.15) is 5.82 Å². The molecule has 3 rings (SSSR count). The van der Waals surface area contributed by atoms with Gasteiger partial charge in [-0.3, -0.25) is 4.79 Å². The van der Waals surface area contributed by atoms with Gasteiger partial charge in [0.25, 0.3) is 5.91 Å². The topological polar surface area (TPSA) is 80.9 Å². The van der Waals surface area contributed by atoms with Crippen LogP contribution in [0.1, 0.15) is 10.5 Å². The highest BCUT2D eigenvalue weighted by atomic mass is 19.1. The summed E-state index contributed by atoms with van der Waals surface area (Å²) in [5.74, 6) is -0.975. The Hall–Kier alpha value is -3.28. The van der Waals surface area contributed by atoms with E-state index in [4.69, 9.17) is 5.73 Å². The van der Waals surface area contributed by atoms with Crippen LogP contribution in [0.5, 0.6) is 0 Å². The minimum Gasteiger partial charge on any atom is -0.382 e. The maximum atomic E-state index is 13.2. The fraction of sp³-hybridized carbons (Fsp3) is 0. The minimum atomic E-state index is -0.543. The molecule has 6 heteroatoms. The highest BCUT2D eigenvalue weighted by Crippen LogP contribution is 2.19. The molecule has 3 aromatic rings. The molecule has 0 unspecified atom stereocenters. The molecule has 0 aliphatic rings. The Morgan fingerprint density at radius 1 is 1.09 bits per heavy atom. The van der Waals surface area contributed by atoms with E-state index < -0.39 is 11.7 Å². The Kier molecular flexibility index (Phi) is 3.97. The molecule has 3 N–H and O–H groups in total. The lowest BCUT2D eigenvalue weighted by Crippen LogP contribution is -2.17. The smallest absolute Gasteiger partial charge is 0.278 e. The van der Waals surface area contributed by atoms with Crippen LogP contribution in [0.3, 0.4) is 0 Å². The summed E-state index contributed by atoms with van der Waals surface area (Å²) in [6.07, 6.45) is 1.50. The number of anilines is 2. The summed E-state index contributed by atoms with van der Waals surface area (Å²) >= 11 is 0. The molecule has 0 saturated heterocycles. The number of hydrogen-bond acceptors (Lipinski definition) is 4. The number of amides is 1. The molecule has 0 radical (unpaired) electrons. The van der Waals surface area contributed by atoms with Crippen molar-refractivity contribution in [3.05, 3.63) is 72.3 Å². The van der Waals surface area contributed by atoms with Crippen molar-refractivity contribution >= 4 is 17.4 Å². The first-order valence-corrected chi connectivity index (χ1v) is 6.88. The molecule has 0 atom stereocenters. The van der Waals surface area contributed by atoms with Gasteiger partial charge in [-0.25, -0.2) is 14.4 Å². The van der Waals surface area contributed by atoms with Crippen LogP contribution in [-0.2, 0) is 0 Å². The molecule has 114 valence electrons. The number of nitrogen functional groups attached to an aromatic ring is 1. The van der Waals surface area contributed by atoms with Gasteiger partial charge < -0.3 is 11.1 Å². The molecule has 23 heavy (non-hydrogen) atoms. The Morgan fingerprint density at radius 2 is 1.87 bits per heavy atom. The normalized spacial score (nSPS) is 10.3. The molecular formula is C17H13FN4O. The van der Waals surface area contributed by atoms with Crippen LogP contribution in [0, 0.1) is 5.82 Å². The van der Waals surface area contributed by atoms with Crippen LogP contribution in [0.4, 0.5) is 15.9 Å². The second kappa shape index (κ2) is 6.23. The van der Waals surface area contributed by atoms with Gasteiger partial charge in [-0.1, -0.05) is 36.4 Å². The minimum absolute atomic E-state index is 0.00406. The lowest BCUT2D eigenvalue weighted by Gasteiger charge is -2.08. The lowest BCUT2D eigenvalue weighted by atomic mass is 10.1. The number of halogens is 1. The lowest BCUT2D eigenvalue weighted by molar-refractivity contribution is 0.102. The Morgan fingerprint density at radius 3 is 2.61 bits per heavy atom. The van der Waals surface area contributed by atoms with Crippen molar-refractivity contribution in [2.45, 2.75) is 0 Å². The number of benzene rings is 2. The molecule has 0 bridgehead atoms. The van der Waals surface area contributed by atoms with E-state index in [1.165, 1.54) is 24.4 Å². The SMILES string of the molecule is Nc1ncc(-c2ccccc2)nc1C(=O)Nc1cccc(F)c1. The van der Waals surface area contributed by atoms with E-state index in [0.29, 0.717) is 11.4 Å². The highest BCUT2D eigenvalue weighted by molar-refractivity contribution is 6.05. The maximum Gasteiger partial charge on any atom is 0.278 e. The van der Waals surface area contributed by atoms with Crippen LogP contribution in [-0.4, -0.2) is 15.9 Å². The quantitative estimate of drug-likeness (QED) is 0.779. The number of nitrogens with one attached hydrogen (secondary N) is 1. The zero-order valence-corrected chi connectivity index (χ0v) is 12.0. The molecule has 0 aliphatic heterocycles. The van der Waals surface area contributed by atoms with Gasteiger partial charge in [0.15, 0.2) is 11.5 Å². The third-order valence-electron chi connectivity index (χ3n) is 3.17. The monoisotopic (exact) mass is 308 g/mol. The van der Waals surface area contributed by atoms with Gasteiger partial charge in [0, 0.05) is 11.3 Å². The average molecular weight is 308 g/mol. The Balaban J connectivity index is 1.91. The van der Waals surface area contributed by atoms with Crippen molar-refractivity contribution in [3.8, 4) is 11.3 Å². The molecular weight excluding hydrogens is 295 g/mol. The fourth-order valence-corrected chi connectivity index (χ4v) is 2.07. The van der Waals surface area contributed by atoms with Gasteiger partial charge in [0.05, 0.1) is 11.9 Å². The summed E-state index contributed by atoms with van der Waals surface area (Å²) in [6, 6.07) is 14.9. The first kappa shape index (κ1) is 14.6. The van der Waals surface area contributed by atoms with Crippen LogP contribution in [0.25, 0.3) is 11.3 Å². The number of aromatic nitrogens is 2. The molecule has 1 heterocycles. The summed E-state index contributed by atoms with van der Waals surface area (Å²) in [7, 11) is 0. The molecule has 0 aliphatic carbocycles. The van der Waals surface area contributed by atoms with E-state index in [1.54, 1.807) is 6.07 Å². The molecule has 1 amide bonds. The number of hydrogen-bond donors (Lipinski definition) is 2. The molecule has 0 fully saturated rings. The van der Waals surface area contributed by atoms with E-state index in [-0.39, 0.29) is 11.5 Å². The van der Waals surface area contributed by atoms with Gasteiger partial charge in [-0.15, -0.1) is 0 Å². The standard InChI is InChI=1S/C17H13FN4O/c18-12-7-4-8-13(9-12)21-17(23)15-16(19)20-10-14(22-15)11-5-2-1-3-6-11/h1-10H,(H2,19,20)(H,21,23). The number of nitrogens with zero attached hydrogens (tertiary/aromatic N) is 2.